The largest absolute Gasteiger partial charge is 0.350 e. The third kappa shape index (κ3) is 2.21. The SMILES string of the molecule is Cc1nn2cc(C(=O)NCC(C)C)nc2s1. The maximum Gasteiger partial charge on any atom is 0.271 e. The van der Waals surface area contributed by atoms with Crippen LogP contribution in [0.25, 0.3) is 4.96 Å². The fourth-order valence-electron chi connectivity index (χ4n) is 1.30. The van der Waals surface area contributed by atoms with Gasteiger partial charge in [0.05, 0.1) is 6.20 Å². The normalized spacial score (nSPS) is 11.2. The molecule has 0 aliphatic rings. The van der Waals surface area contributed by atoms with Crippen molar-refractivity contribution in [3.05, 3.63) is 16.9 Å². The minimum absolute atomic E-state index is 0.135. The smallest absolute Gasteiger partial charge is 0.271 e. The quantitative estimate of drug-likeness (QED) is 0.881. The van der Waals surface area contributed by atoms with Crippen LogP contribution in [-0.4, -0.2) is 27.0 Å². The monoisotopic (exact) mass is 238 g/mol. The van der Waals surface area contributed by atoms with Gasteiger partial charge in [-0.1, -0.05) is 25.2 Å². The predicted molar refractivity (Wildman–Crippen MR) is 62.8 cm³/mol. The van der Waals surface area contributed by atoms with Crippen molar-refractivity contribution >= 4 is 22.2 Å². The molecule has 1 N–H and O–H groups in total. The molecular formula is C10H14N4OS. The topological polar surface area (TPSA) is 59.3 Å². The summed E-state index contributed by atoms with van der Waals surface area (Å²) < 4.78 is 1.64. The van der Waals surface area contributed by atoms with Gasteiger partial charge in [-0.05, 0) is 12.8 Å². The van der Waals surface area contributed by atoms with Gasteiger partial charge < -0.3 is 5.32 Å². The minimum atomic E-state index is -0.135. The Morgan fingerprint density at radius 2 is 2.38 bits per heavy atom. The maximum absolute atomic E-state index is 11.7. The zero-order valence-corrected chi connectivity index (χ0v) is 10.3. The number of imidazole rings is 1. The van der Waals surface area contributed by atoms with Gasteiger partial charge in [0.25, 0.3) is 5.91 Å². The van der Waals surface area contributed by atoms with Gasteiger partial charge in [0, 0.05) is 6.54 Å². The van der Waals surface area contributed by atoms with Crippen LogP contribution in [0, 0.1) is 12.8 Å². The van der Waals surface area contributed by atoms with Crippen LogP contribution in [0.15, 0.2) is 6.20 Å². The van der Waals surface area contributed by atoms with E-state index in [2.05, 4.69) is 29.2 Å². The third-order valence-electron chi connectivity index (χ3n) is 2.05. The molecule has 1 amide bonds. The first kappa shape index (κ1) is 11.1. The summed E-state index contributed by atoms with van der Waals surface area (Å²) in [6.45, 7) is 6.68. The molecule has 0 radical (unpaired) electrons. The van der Waals surface area contributed by atoms with E-state index in [1.165, 1.54) is 11.3 Å². The maximum atomic E-state index is 11.7. The lowest BCUT2D eigenvalue weighted by atomic mass is 10.2. The molecule has 86 valence electrons. The first-order chi connectivity index (χ1) is 7.56. The second-order valence-corrected chi connectivity index (χ2v) is 5.24. The highest BCUT2D eigenvalue weighted by atomic mass is 32.1. The zero-order valence-electron chi connectivity index (χ0n) is 9.52. The van der Waals surface area contributed by atoms with Crippen molar-refractivity contribution in [3.63, 3.8) is 0 Å². The van der Waals surface area contributed by atoms with Gasteiger partial charge in [-0.2, -0.15) is 5.10 Å². The summed E-state index contributed by atoms with van der Waals surface area (Å²) in [6, 6.07) is 0. The molecule has 6 heteroatoms. The standard InChI is InChI=1S/C10H14N4OS/c1-6(2)4-11-9(15)8-5-14-10(12-8)16-7(3)13-14/h5-6H,4H2,1-3H3,(H,11,15). The molecule has 5 nitrogen and oxygen atoms in total. The van der Waals surface area contributed by atoms with Gasteiger partial charge in [0.1, 0.15) is 10.7 Å². The summed E-state index contributed by atoms with van der Waals surface area (Å²) in [6.07, 6.45) is 1.66. The zero-order chi connectivity index (χ0) is 11.7. The highest BCUT2D eigenvalue weighted by Crippen LogP contribution is 2.13. The third-order valence-corrected chi connectivity index (χ3v) is 2.89. The van der Waals surface area contributed by atoms with Gasteiger partial charge in [-0.3, -0.25) is 4.79 Å². The number of hydrogen-bond donors (Lipinski definition) is 1. The lowest BCUT2D eigenvalue weighted by molar-refractivity contribution is 0.0944. The van der Waals surface area contributed by atoms with Crippen LogP contribution in [0.4, 0.5) is 0 Å². The molecule has 2 heterocycles. The highest BCUT2D eigenvalue weighted by Gasteiger charge is 2.12. The summed E-state index contributed by atoms with van der Waals surface area (Å²) in [5, 5.41) is 7.97. The summed E-state index contributed by atoms with van der Waals surface area (Å²) >= 11 is 1.48. The van der Waals surface area contributed by atoms with Gasteiger partial charge in [0.2, 0.25) is 4.96 Å². The fraction of sp³-hybridized carbons (Fsp3) is 0.500. The summed E-state index contributed by atoms with van der Waals surface area (Å²) in [5.74, 6) is 0.303. The Hall–Kier alpha value is -1.43. The Morgan fingerprint density at radius 1 is 1.62 bits per heavy atom. The molecule has 2 aromatic heterocycles. The van der Waals surface area contributed by atoms with Crippen LogP contribution < -0.4 is 5.32 Å². The fourth-order valence-corrected chi connectivity index (χ4v) is 2.02. The molecule has 2 aromatic rings. The van der Waals surface area contributed by atoms with Crippen molar-refractivity contribution in [1.82, 2.24) is 19.9 Å². The number of nitrogens with one attached hydrogen (secondary N) is 1. The van der Waals surface area contributed by atoms with Gasteiger partial charge in [-0.15, -0.1) is 0 Å². The molecule has 0 aliphatic heterocycles. The Labute approximate surface area is 97.5 Å². The van der Waals surface area contributed by atoms with E-state index in [1.807, 2.05) is 6.92 Å². The van der Waals surface area contributed by atoms with E-state index in [0.29, 0.717) is 18.2 Å². The summed E-state index contributed by atoms with van der Waals surface area (Å²) in [4.78, 5) is 16.7. The van der Waals surface area contributed by atoms with Crippen LogP contribution in [-0.2, 0) is 0 Å². The molecular weight excluding hydrogens is 224 g/mol. The van der Waals surface area contributed by atoms with E-state index in [0.717, 1.165) is 9.97 Å². The molecule has 0 spiro atoms. The van der Waals surface area contributed by atoms with Crippen molar-refractivity contribution < 1.29 is 4.79 Å². The minimum Gasteiger partial charge on any atom is -0.350 e. The number of carbonyl (C=O) groups is 1. The van der Waals surface area contributed by atoms with Crippen LogP contribution in [0.3, 0.4) is 0 Å². The van der Waals surface area contributed by atoms with Crippen LogP contribution in [0.1, 0.15) is 29.3 Å². The second kappa shape index (κ2) is 4.21. The molecule has 0 bridgehead atoms. The van der Waals surface area contributed by atoms with E-state index in [1.54, 1.807) is 10.7 Å². The van der Waals surface area contributed by atoms with Crippen LogP contribution >= 0.6 is 11.3 Å². The first-order valence-corrected chi connectivity index (χ1v) is 5.99. The van der Waals surface area contributed by atoms with E-state index >= 15 is 0 Å². The molecule has 0 saturated carbocycles. The first-order valence-electron chi connectivity index (χ1n) is 5.17. The molecule has 0 saturated heterocycles. The average Bonchev–Trinajstić information content (AvgIpc) is 2.70. The van der Waals surface area contributed by atoms with Gasteiger partial charge in [0.15, 0.2) is 0 Å². The van der Waals surface area contributed by atoms with Gasteiger partial charge in [-0.25, -0.2) is 9.50 Å². The highest BCUT2D eigenvalue weighted by molar-refractivity contribution is 7.16. The number of fused-ring (bicyclic) bond motifs is 1. The van der Waals surface area contributed by atoms with E-state index in [4.69, 9.17) is 0 Å². The molecule has 16 heavy (non-hydrogen) atoms. The number of carbonyl (C=O) groups excluding carboxylic acids is 1. The summed E-state index contributed by atoms with van der Waals surface area (Å²) in [7, 11) is 0. The number of rotatable bonds is 3. The van der Waals surface area contributed by atoms with Crippen molar-refractivity contribution in [2.45, 2.75) is 20.8 Å². The number of aromatic nitrogens is 3. The molecule has 0 aromatic carbocycles. The number of hydrogen-bond acceptors (Lipinski definition) is 4. The Balaban J connectivity index is 2.14. The Kier molecular flexibility index (Phi) is 2.91. The lowest BCUT2D eigenvalue weighted by Gasteiger charge is -2.04. The predicted octanol–water partition coefficient (Wildman–Crippen LogP) is 1.49. The van der Waals surface area contributed by atoms with E-state index < -0.39 is 0 Å². The molecule has 2 rings (SSSR count). The number of aryl methyl sites for hydroxylation is 1. The van der Waals surface area contributed by atoms with Crippen molar-refractivity contribution in [1.29, 1.82) is 0 Å². The van der Waals surface area contributed by atoms with Crippen LogP contribution in [0.2, 0.25) is 0 Å². The average molecular weight is 238 g/mol. The number of nitrogens with zero attached hydrogens (tertiary/aromatic N) is 3. The molecule has 0 unspecified atom stereocenters. The lowest BCUT2D eigenvalue weighted by Crippen LogP contribution is -2.27. The summed E-state index contributed by atoms with van der Waals surface area (Å²) in [5.41, 5.74) is 0.430. The van der Waals surface area contributed by atoms with Crippen molar-refractivity contribution in [2.75, 3.05) is 6.54 Å². The van der Waals surface area contributed by atoms with Crippen molar-refractivity contribution in [3.8, 4) is 0 Å². The molecule has 0 atom stereocenters. The second-order valence-electron chi connectivity index (χ2n) is 4.08. The van der Waals surface area contributed by atoms with E-state index in [-0.39, 0.29) is 5.91 Å². The van der Waals surface area contributed by atoms with Crippen LogP contribution in [0.5, 0.6) is 0 Å². The molecule has 0 aliphatic carbocycles. The Bertz CT molecular complexity index is 482. The Morgan fingerprint density at radius 3 is 3.00 bits per heavy atom. The number of amides is 1. The van der Waals surface area contributed by atoms with E-state index in [9.17, 15) is 4.79 Å². The van der Waals surface area contributed by atoms with Crippen molar-refractivity contribution in [2.24, 2.45) is 5.92 Å². The molecule has 0 fully saturated rings. The van der Waals surface area contributed by atoms with Gasteiger partial charge >= 0.3 is 0 Å².